The Bertz CT molecular complexity index is 593. The number of anilines is 1. The van der Waals surface area contributed by atoms with Gasteiger partial charge in [0, 0.05) is 10.4 Å². The largest absolute Gasteiger partial charge is 0.408 e. The number of benzene rings is 1. The average Bonchev–Trinajstić information content (AvgIpc) is 3.11. The smallest absolute Gasteiger partial charge is 0.322 e. The van der Waals surface area contributed by atoms with E-state index in [1.165, 1.54) is 0 Å². The van der Waals surface area contributed by atoms with Crippen LogP contribution in [0, 0.1) is 0 Å². The lowest BCUT2D eigenvalue weighted by atomic mass is 10.2. The molecule has 1 aromatic carbocycles. The van der Waals surface area contributed by atoms with Crippen LogP contribution in [0.4, 0.5) is 6.01 Å². The van der Waals surface area contributed by atoms with E-state index in [0.717, 1.165) is 17.3 Å². The number of rotatable bonds is 3. The Morgan fingerprint density at radius 2 is 2.11 bits per heavy atom. The van der Waals surface area contributed by atoms with E-state index in [1.807, 2.05) is 6.07 Å². The maximum Gasteiger partial charge on any atom is 0.322 e. The zero-order chi connectivity index (χ0) is 12.5. The third-order valence-electron chi connectivity index (χ3n) is 2.71. The Labute approximate surface area is 112 Å². The van der Waals surface area contributed by atoms with E-state index in [-0.39, 0.29) is 11.9 Å². The first kappa shape index (κ1) is 11.4. The van der Waals surface area contributed by atoms with Gasteiger partial charge in [0.05, 0.1) is 5.56 Å². The minimum absolute atomic E-state index is 0.151. The number of amides is 1. The number of hydrogen-bond acceptors (Lipinski definition) is 4. The molecular formula is C12H10BrN3O2. The summed E-state index contributed by atoms with van der Waals surface area (Å²) in [5.74, 6) is 0.720. The molecule has 0 aliphatic heterocycles. The third-order valence-corrected chi connectivity index (χ3v) is 3.40. The van der Waals surface area contributed by atoms with Crippen LogP contribution in [0.5, 0.6) is 0 Å². The van der Waals surface area contributed by atoms with Crippen LogP contribution in [0.3, 0.4) is 0 Å². The first-order chi connectivity index (χ1) is 8.74. The van der Waals surface area contributed by atoms with Crippen molar-refractivity contribution in [2.45, 2.75) is 18.8 Å². The molecule has 2 aromatic rings. The summed E-state index contributed by atoms with van der Waals surface area (Å²) in [6.45, 7) is 0. The molecule has 1 aromatic heterocycles. The molecular weight excluding hydrogens is 298 g/mol. The molecule has 0 saturated heterocycles. The molecule has 0 radical (unpaired) electrons. The van der Waals surface area contributed by atoms with Crippen LogP contribution in [-0.2, 0) is 0 Å². The van der Waals surface area contributed by atoms with E-state index in [0.29, 0.717) is 17.4 Å². The first-order valence-electron chi connectivity index (χ1n) is 5.63. The van der Waals surface area contributed by atoms with Crippen molar-refractivity contribution in [3.05, 3.63) is 40.2 Å². The summed E-state index contributed by atoms with van der Waals surface area (Å²) in [6.07, 6.45) is 2.17. The molecule has 1 amide bonds. The number of nitrogens with zero attached hydrogens (tertiary/aromatic N) is 2. The molecule has 6 heteroatoms. The van der Waals surface area contributed by atoms with Crippen LogP contribution in [0.15, 0.2) is 33.2 Å². The fourth-order valence-electron chi connectivity index (χ4n) is 1.59. The number of carbonyl (C=O) groups is 1. The fourth-order valence-corrected chi connectivity index (χ4v) is 2.05. The molecule has 1 N–H and O–H groups in total. The van der Waals surface area contributed by atoms with E-state index in [1.54, 1.807) is 18.2 Å². The van der Waals surface area contributed by atoms with E-state index >= 15 is 0 Å². The summed E-state index contributed by atoms with van der Waals surface area (Å²) in [4.78, 5) is 12.0. The van der Waals surface area contributed by atoms with Gasteiger partial charge < -0.3 is 4.42 Å². The van der Waals surface area contributed by atoms with Gasteiger partial charge in [-0.15, -0.1) is 5.10 Å². The number of carbonyl (C=O) groups excluding carboxylic acids is 1. The molecule has 92 valence electrons. The predicted molar refractivity (Wildman–Crippen MR) is 68.4 cm³/mol. The number of halogens is 1. The lowest BCUT2D eigenvalue weighted by Crippen LogP contribution is -2.12. The molecule has 18 heavy (non-hydrogen) atoms. The van der Waals surface area contributed by atoms with Crippen LogP contribution in [0.1, 0.15) is 35.0 Å². The van der Waals surface area contributed by atoms with Crippen molar-refractivity contribution >= 4 is 27.9 Å². The monoisotopic (exact) mass is 307 g/mol. The Hall–Kier alpha value is -1.69. The van der Waals surface area contributed by atoms with Gasteiger partial charge in [-0.1, -0.05) is 17.2 Å². The highest BCUT2D eigenvalue weighted by molar-refractivity contribution is 9.10. The SMILES string of the molecule is O=C(Nc1nnc(C2CC2)o1)c1ccccc1Br. The molecule has 1 heterocycles. The van der Waals surface area contributed by atoms with E-state index in [4.69, 9.17) is 4.42 Å². The topological polar surface area (TPSA) is 68.0 Å². The summed E-state index contributed by atoms with van der Waals surface area (Å²) in [7, 11) is 0. The van der Waals surface area contributed by atoms with Crippen molar-refractivity contribution in [3.63, 3.8) is 0 Å². The molecule has 0 unspecified atom stereocenters. The van der Waals surface area contributed by atoms with E-state index < -0.39 is 0 Å². The van der Waals surface area contributed by atoms with E-state index in [9.17, 15) is 4.79 Å². The minimum Gasteiger partial charge on any atom is -0.408 e. The van der Waals surface area contributed by atoms with Gasteiger partial charge in [-0.05, 0) is 40.9 Å². The van der Waals surface area contributed by atoms with Crippen LogP contribution in [0.25, 0.3) is 0 Å². The summed E-state index contributed by atoms with van der Waals surface area (Å²) >= 11 is 3.32. The molecule has 0 spiro atoms. The van der Waals surface area contributed by atoms with Crippen molar-refractivity contribution in [2.75, 3.05) is 5.32 Å². The molecule has 0 bridgehead atoms. The molecule has 1 saturated carbocycles. The van der Waals surface area contributed by atoms with Crippen LogP contribution in [-0.4, -0.2) is 16.1 Å². The molecule has 1 aliphatic rings. The summed E-state index contributed by atoms with van der Waals surface area (Å²) in [6, 6.07) is 7.32. The lowest BCUT2D eigenvalue weighted by Gasteiger charge is -2.02. The average molecular weight is 308 g/mol. The second kappa shape index (κ2) is 4.53. The molecule has 1 aliphatic carbocycles. The maximum absolute atomic E-state index is 12.0. The number of aromatic nitrogens is 2. The van der Waals surface area contributed by atoms with Gasteiger partial charge in [-0.25, -0.2) is 0 Å². The Morgan fingerprint density at radius 3 is 2.83 bits per heavy atom. The van der Waals surface area contributed by atoms with Gasteiger partial charge in [-0.2, -0.15) is 0 Å². The highest BCUT2D eigenvalue weighted by Crippen LogP contribution is 2.39. The Kier molecular flexibility index (Phi) is 2.87. The maximum atomic E-state index is 12.0. The quantitative estimate of drug-likeness (QED) is 0.946. The van der Waals surface area contributed by atoms with E-state index in [2.05, 4.69) is 31.4 Å². The van der Waals surface area contributed by atoms with Gasteiger partial charge in [0.25, 0.3) is 5.91 Å². The van der Waals surface area contributed by atoms with Crippen molar-refractivity contribution in [1.82, 2.24) is 10.2 Å². The van der Waals surface area contributed by atoms with Crippen molar-refractivity contribution in [3.8, 4) is 0 Å². The summed E-state index contributed by atoms with van der Waals surface area (Å²) in [5.41, 5.74) is 0.531. The Morgan fingerprint density at radius 1 is 1.33 bits per heavy atom. The normalized spacial score (nSPS) is 14.5. The van der Waals surface area contributed by atoms with Crippen LogP contribution in [0.2, 0.25) is 0 Å². The summed E-state index contributed by atoms with van der Waals surface area (Å²) < 4.78 is 6.10. The molecule has 1 fully saturated rings. The number of nitrogens with one attached hydrogen (secondary N) is 1. The minimum atomic E-state index is -0.270. The lowest BCUT2D eigenvalue weighted by molar-refractivity contribution is 0.102. The van der Waals surface area contributed by atoms with Gasteiger partial charge in [0.2, 0.25) is 5.89 Å². The van der Waals surface area contributed by atoms with Gasteiger partial charge in [-0.3, -0.25) is 10.1 Å². The zero-order valence-corrected chi connectivity index (χ0v) is 11.0. The van der Waals surface area contributed by atoms with Crippen molar-refractivity contribution in [1.29, 1.82) is 0 Å². The van der Waals surface area contributed by atoms with Gasteiger partial charge in [0.15, 0.2) is 0 Å². The molecule has 5 nitrogen and oxygen atoms in total. The number of hydrogen-bond donors (Lipinski definition) is 1. The van der Waals surface area contributed by atoms with Crippen LogP contribution >= 0.6 is 15.9 Å². The van der Waals surface area contributed by atoms with Crippen LogP contribution < -0.4 is 5.32 Å². The Balaban J connectivity index is 1.75. The highest BCUT2D eigenvalue weighted by Gasteiger charge is 2.29. The predicted octanol–water partition coefficient (Wildman–Crippen LogP) is 2.96. The highest BCUT2D eigenvalue weighted by atomic mass is 79.9. The zero-order valence-electron chi connectivity index (χ0n) is 9.39. The fraction of sp³-hybridized carbons (Fsp3) is 0.250. The van der Waals surface area contributed by atoms with Crippen molar-refractivity contribution < 1.29 is 9.21 Å². The third kappa shape index (κ3) is 2.28. The molecule has 3 rings (SSSR count). The van der Waals surface area contributed by atoms with Gasteiger partial charge >= 0.3 is 6.01 Å². The van der Waals surface area contributed by atoms with Crippen molar-refractivity contribution in [2.24, 2.45) is 0 Å². The first-order valence-corrected chi connectivity index (χ1v) is 6.42. The molecule has 0 atom stereocenters. The summed E-state index contributed by atoms with van der Waals surface area (Å²) in [5, 5.41) is 10.3. The standard InChI is InChI=1S/C12H10BrN3O2/c13-9-4-2-1-3-8(9)10(17)14-12-16-15-11(18-12)7-5-6-7/h1-4,7H,5-6H2,(H,14,16,17). The van der Waals surface area contributed by atoms with Gasteiger partial charge in [0.1, 0.15) is 0 Å². The second-order valence-corrected chi connectivity index (χ2v) is 5.01. The second-order valence-electron chi connectivity index (χ2n) is 4.15.